The number of nitrogens with one attached hydrogen (secondary N) is 1. The van der Waals surface area contributed by atoms with Crippen LogP contribution in [0, 0.1) is 11.8 Å². The molecule has 0 heterocycles. The zero-order chi connectivity index (χ0) is 11.4. The van der Waals surface area contributed by atoms with Crippen LogP contribution >= 0.6 is 0 Å². The van der Waals surface area contributed by atoms with Gasteiger partial charge in [0.2, 0.25) is 0 Å². The van der Waals surface area contributed by atoms with Gasteiger partial charge in [-0.05, 0) is 31.6 Å². The molecule has 0 aliphatic heterocycles. The second-order valence-electron chi connectivity index (χ2n) is 5.03. The molecule has 0 radical (unpaired) electrons. The highest BCUT2D eigenvalue weighted by atomic mass is 15.1. The first-order valence-electron chi connectivity index (χ1n) is 5.70. The molecular weight excluding hydrogens is 186 g/mol. The van der Waals surface area contributed by atoms with Crippen LogP contribution in [0.1, 0.15) is 33.6 Å². The fourth-order valence-corrected chi connectivity index (χ4v) is 1.75. The van der Waals surface area contributed by atoms with E-state index in [1.54, 1.807) is 0 Å². The lowest BCUT2D eigenvalue weighted by molar-refractivity contribution is 0.524. The molecular formula is C12H23N3. The summed E-state index contributed by atoms with van der Waals surface area (Å²) >= 11 is 0. The first-order valence-corrected chi connectivity index (χ1v) is 5.70. The van der Waals surface area contributed by atoms with E-state index in [-0.39, 0.29) is 0 Å². The number of nitrogens with zero attached hydrogens (tertiary/aromatic N) is 1. The fraction of sp³-hybridized carbons (Fsp3) is 0.750. The highest BCUT2D eigenvalue weighted by molar-refractivity contribution is 5.78. The van der Waals surface area contributed by atoms with Crippen LogP contribution in [-0.2, 0) is 0 Å². The van der Waals surface area contributed by atoms with E-state index in [4.69, 9.17) is 5.73 Å². The van der Waals surface area contributed by atoms with Gasteiger partial charge in [0, 0.05) is 6.04 Å². The van der Waals surface area contributed by atoms with Crippen LogP contribution in [0.25, 0.3) is 0 Å². The Bertz CT molecular complexity index is 256. The minimum absolute atomic E-state index is 0.557. The first kappa shape index (κ1) is 12.1. The maximum atomic E-state index is 5.75. The van der Waals surface area contributed by atoms with Crippen LogP contribution in [0.3, 0.4) is 0 Å². The average molecular weight is 209 g/mol. The maximum Gasteiger partial charge on any atom is 0.189 e. The molecule has 3 nitrogen and oxygen atoms in total. The van der Waals surface area contributed by atoms with Crippen LogP contribution in [0.15, 0.2) is 17.1 Å². The third-order valence-corrected chi connectivity index (χ3v) is 2.55. The minimum atomic E-state index is 0.557. The van der Waals surface area contributed by atoms with Gasteiger partial charge in [0.05, 0.1) is 6.54 Å². The Labute approximate surface area is 92.8 Å². The predicted octanol–water partition coefficient (Wildman–Crippen LogP) is 1.90. The Kier molecular flexibility index (Phi) is 4.18. The monoisotopic (exact) mass is 209 g/mol. The molecule has 0 spiro atoms. The molecule has 0 aromatic carbocycles. The van der Waals surface area contributed by atoms with Gasteiger partial charge in [-0.1, -0.05) is 26.0 Å². The molecule has 0 amide bonds. The van der Waals surface area contributed by atoms with E-state index in [1.165, 1.54) is 12.8 Å². The van der Waals surface area contributed by atoms with Crippen molar-refractivity contribution in [3.05, 3.63) is 12.2 Å². The van der Waals surface area contributed by atoms with Gasteiger partial charge in [-0.2, -0.15) is 0 Å². The molecule has 3 N–H and O–H groups in total. The highest BCUT2D eigenvalue weighted by Gasteiger charge is 2.37. The summed E-state index contributed by atoms with van der Waals surface area (Å²) in [5, 5.41) is 3.25. The molecule has 86 valence electrons. The second kappa shape index (κ2) is 5.19. The number of hydrogen-bond donors (Lipinski definition) is 2. The second-order valence-corrected chi connectivity index (χ2v) is 5.03. The Morgan fingerprint density at radius 3 is 2.80 bits per heavy atom. The van der Waals surface area contributed by atoms with E-state index in [0.29, 0.717) is 18.5 Å². The van der Waals surface area contributed by atoms with E-state index in [9.17, 15) is 0 Å². The summed E-state index contributed by atoms with van der Waals surface area (Å²) in [5.41, 5.74) is 6.79. The summed E-state index contributed by atoms with van der Waals surface area (Å²) < 4.78 is 0. The number of guanidine groups is 1. The molecule has 1 saturated carbocycles. The number of aliphatic imine (C=N–C) groups is 1. The van der Waals surface area contributed by atoms with Crippen molar-refractivity contribution in [2.45, 2.75) is 39.7 Å². The van der Waals surface area contributed by atoms with Gasteiger partial charge in [0.25, 0.3) is 0 Å². The molecule has 1 fully saturated rings. The normalized spacial score (nSPS) is 25.5. The van der Waals surface area contributed by atoms with Crippen molar-refractivity contribution < 1.29 is 0 Å². The Hall–Kier alpha value is -0.990. The highest BCUT2D eigenvalue weighted by Crippen LogP contribution is 2.35. The smallest absolute Gasteiger partial charge is 0.189 e. The minimum Gasteiger partial charge on any atom is -0.370 e. The summed E-state index contributed by atoms with van der Waals surface area (Å²) in [6.07, 6.45) is 2.52. The van der Waals surface area contributed by atoms with Crippen LogP contribution in [0.5, 0.6) is 0 Å². The summed E-state index contributed by atoms with van der Waals surface area (Å²) in [5.74, 6) is 2.13. The third kappa shape index (κ3) is 4.86. The van der Waals surface area contributed by atoms with Gasteiger partial charge < -0.3 is 11.1 Å². The van der Waals surface area contributed by atoms with Crippen LogP contribution in [0.2, 0.25) is 0 Å². The van der Waals surface area contributed by atoms with Gasteiger partial charge in [-0.25, -0.2) is 4.99 Å². The molecule has 1 rings (SSSR count). The molecule has 0 aromatic heterocycles. The maximum absolute atomic E-state index is 5.75. The van der Waals surface area contributed by atoms with Gasteiger partial charge in [-0.3, -0.25) is 0 Å². The fourth-order valence-electron chi connectivity index (χ4n) is 1.75. The molecule has 1 aliphatic rings. The van der Waals surface area contributed by atoms with Crippen LogP contribution in [-0.4, -0.2) is 18.5 Å². The molecule has 0 aromatic rings. The van der Waals surface area contributed by atoms with E-state index >= 15 is 0 Å². The molecule has 0 bridgehead atoms. The quantitative estimate of drug-likeness (QED) is 0.413. The zero-order valence-electron chi connectivity index (χ0n) is 10.1. The van der Waals surface area contributed by atoms with E-state index in [0.717, 1.165) is 17.4 Å². The summed E-state index contributed by atoms with van der Waals surface area (Å²) in [6.45, 7) is 10.9. The van der Waals surface area contributed by atoms with Crippen LogP contribution in [0.4, 0.5) is 0 Å². The van der Waals surface area contributed by atoms with Gasteiger partial charge in [0.15, 0.2) is 5.96 Å². The largest absolute Gasteiger partial charge is 0.370 e. The lowest BCUT2D eigenvalue weighted by Gasteiger charge is -2.06. The van der Waals surface area contributed by atoms with Gasteiger partial charge >= 0.3 is 0 Å². The van der Waals surface area contributed by atoms with Crippen molar-refractivity contribution in [2.75, 3.05) is 6.54 Å². The van der Waals surface area contributed by atoms with Crippen molar-refractivity contribution in [1.82, 2.24) is 5.32 Å². The van der Waals surface area contributed by atoms with E-state index in [2.05, 4.69) is 30.7 Å². The molecule has 3 heteroatoms. The molecule has 15 heavy (non-hydrogen) atoms. The summed E-state index contributed by atoms with van der Waals surface area (Å²) in [7, 11) is 0. The van der Waals surface area contributed by atoms with Crippen molar-refractivity contribution in [3.63, 3.8) is 0 Å². The Morgan fingerprint density at radius 1 is 1.60 bits per heavy atom. The Morgan fingerprint density at radius 2 is 2.27 bits per heavy atom. The summed E-state index contributed by atoms with van der Waals surface area (Å²) in [4.78, 5) is 4.20. The standard InChI is InChI=1S/C12H23N3/c1-8(2)5-10-6-11(10)15-12(13)14-7-9(3)4/h8,10-11H,3,5-7H2,1-2,4H3,(H3,13,14,15)/t10-,11-/m1/s1. The molecule has 0 saturated heterocycles. The Balaban J connectivity index is 2.21. The van der Waals surface area contributed by atoms with Crippen molar-refractivity contribution in [2.24, 2.45) is 22.6 Å². The topological polar surface area (TPSA) is 50.4 Å². The third-order valence-electron chi connectivity index (χ3n) is 2.55. The lowest BCUT2D eigenvalue weighted by Crippen LogP contribution is -2.34. The van der Waals surface area contributed by atoms with E-state index in [1.807, 2.05) is 6.92 Å². The number of hydrogen-bond acceptors (Lipinski definition) is 1. The summed E-state index contributed by atoms with van der Waals surface area (Å²) in [6, 6.07) is 0.557. The van der Waals surface area contributed by atoms with Crippen LogP contribution < -0.4 is 11.1 Å². The molecule has 2 atom stereocenters. The van der Waals surface area contributed by atoms with Crippen molar-refractivity contribution >= 4 is 5.96 Å². The molecule has 0 unspecified atom stereocenters. The van der Waals surface area contributed by atoms with E-state index < -0.39 is 0 Å². The van der Waals surface area contributed by atoms with Crippen molar-refractivity contribution in [3.8, 4) is 0 Å². The average Bonchev–Trinajstić information content (AvgIpc) is 2.78. The zero-order valence-corrected chi connectivity index (χ0v) is 10.1. The van der Waals surface area contributed by atoms with Gasteiger partial charge in [0.1, 0.15) is 0 Å². The van der Waals surface area contributed by atoms with Crippen molar-refractivity contribution in [1.29, 1.82) is 0 Å². The lowest BCUT2D eigenvalue weighted by atomic mass is 10.1. The first-order chi connectivity index (χ1) is 6.99. The predicted molar refractivity (Wildman–Crippen MR) is 65.8 cm³/mol. The number of rotatable bonds is 5. The number of nitrogens with two attached hydrogens (primary N) is 1. The van der Waals surface area contributed by atoms with Gasteiger partial charge in [-0.15, -0.1) is 0 Å². The molecule has 1 aliphatic carbocycles. The SMILES string of the molecule is C=C(C)CN=C(N)N[C@@H]1C[C@H]1CC(C)C.